The van der Waals surface area contributed by atoms with Gasteiger partial charge in [-0.05, 0) is 42.3 Å². The molecule has 8 heteroatoms. The fraction of sp³-hybridized carbons (Fsp3) is 0.440. The first-order valence-corrected chi connectivity index (χ1v) is 10.6. The van der Waals surface area contributed by atoms with Crippen LogP contribution >= 0.6 is 0 Å². The fourth-order valence-electron chi connectivity index (χ4n) is 4.50. The minimum Gasteiger partial charge on any atom is -0.493 e. The Morgan fingerprint density at radius 3 is 1.85 bits per heavy atom. The van der Waals surface area contributed by atoms with Crippen LogP contribution in [0.5, 0.6) is 28.7 Å². The number of ketones is 1. The largest absolute Gasteiger partial charge is 0.493 e. The van der Waals surface area contributed by atoms with Crippen LogP contribution in [0.4, 0.5) is 0 Å². The molecule has 0 spiro atoms. The fourth-order valence-corrected chi connectivity index (χ4v) is 4.50. The molecule has 0 saturated carbocycles. The number of rotatable bonds is 8. The normalized spacial score (nSPS) is 19.4. The molecule has 0 fully saturated rings. The van der Waals surface area contributed by atoms with Crippen LogP contribution in [-0.2, 0) is 9.53 Å². The highest BCUT2D eigenvalue weighted by Gasteiger charge is 2.46. The van der Waals surface area contributed by atoms with E-state index in [1.807, 2.05) is 0 Å². The Balaban J connectivity index is 2.35. The summed E-state index contributed by atoms with van der Waals surface area (Å²) in [7, 11) is 7.61. The van der Waals surface area contributed by atoms with E-state index in [1.54, 1.807) is 38.1 Å². The van der Waals surface area contributed by atoms with Gasteiger partial charge in [-0.15, -0.1) is 0 Å². The molecule has 0 N–H and O–H groups in total. The van der Waals surface area contributed by atoms with Gasteiger partial charge in [-0.1, -0.05) is 6.92 Å². The van der Waals surface area contributed by atoms with E-state index in [9.17, 15) is 9.59 Å². The maximum Gasteiger partial charge on any atom is 0.310 e. The summed E-state index contributed by atoms with van der Waals surface area (Å²) in [6.07, 6.45) is 0. The van der Waals surface area contributed by atoms with Crippen LogP contribution in [0.15, 0.2) is 24.3 Å². The van der Waals surface area contributed by atoms with Crippen molar-refractivity contribution < 1.29 is 38.0 Å². The van der Waals surface area contributed by atoms with Crippen molar-refractivity contribution in [3.8, 4) is 28.7 Å². The predicted molar refractivity (Wildman–Crippen MR) is 121 cm³/mol. The van der Waals surface area contributed by atoms with Gasteiger partial charge in [-0.25, -0.2) is 0 Å². The lowest BCUT2D eigenvalue weighted by Crippen LogP contribution is -2.39. The van der Waals surface area contributed by atoms with Crippen LogP contribution in [0, 0.1) is 11.8 Å². The van der Waals surface area contributed by atoms with E-state index in [2.05, 4.69) is 0 Å². The summed E-state index contributed by atoms with van der Waals surface area (Å²) in [5.74, 6) is -0.297. The molecule has 0 unspecified atom stereocenters. The van der Waals surface area contributed by atoms with Crippen LogP contribution in [0.25, 0.3) is 0 Å². The topological polar surface area (TPSA) is 89.5 Å². The number of carbonyl (C=O) groups is 2. The molecule has 0 amide bonds. The monoisotopic (exact) mass is 458 g/mol. The molecule has 3 atom stereocenters. The third kappa shape index (κ3) is 4.17. The number of Topliss-reactive ketones (excluding diaryl/α,β-unsaturated/α-hetero) is 1. The molecule has 0 saturated heterocycles. The van der Waals surface area contributed by atoms with Gasteiger partial charge in [0.2, 0.25) is 5.75 Å². The van der Waals surface area contributed by atoms with Crippen molar-refractivity contribution in [2.45, 2.75) is 19.8 Å². The molecule has 178 valence electrons. The number of hydrogen-bond acceptors (Lipinski definition) is 8. The summed E-state index contributed by atoms with van der Waals surface area (Å²) >= 11 is 0. The number of benzene rings is 2. The van der Waals surface area contributed by atoms with Crippen molar-refractivity contribution in [3.63, 3.8) is 0 Å². The molecule has 0 heterocycles. The standard InChI is InChI=1S/C25H30O8/c1-8-33-25(27)21-13(2)23(26)16-12-18(29-4)17(28-3)11-15(16)22(21)14-9-19(30-5)24(32-7)20(10-14)31-6/h9-13,21-22H,8H2,1-7H3/t13-,21+,22-/m0/s1. The summed E-state index contributed by atoms with van der Waals surface area (Å²) < 4.78 is 32.8. The number of methoxy groups -OCH3 is 5. The maximum absolute atomic E-state index is 13.4. The Bertz CT molecular complexity index is 1020. The summed E-state index contributed by atoms with van der Waals surface area (Å²) in [5, 5.41) is 0. The van der Waals surface area contributed by atoms with E-state index in [4.69, 9.17) is 28.4 Å². The predicted octanol–water partition coefficient (Wildman–Crippen LogP) is 3.87. The van der Waals surface area contributed by atoms with E-state index in [0.717, 1.165) is 5.56 Å². The molecule has 8 nitrogen and oxygen atoms in total. The van der Waals surface area contributed by atoms with Gasteiger partial charge in [-0.3, -0.25) is 9.59 Å². The average Bonchev–Trinajstić information content (AvgIpc) is 2.84. The van der Waals surface area contributed by atoms with E-state index in [1.165, 1.54) is 35.5 Å². The van der Waals surface area contributed by atoms with Gasteiger partial charge in [0.1, 0.15) is 0 Å². The second-order valence-corrected chi connectivity index (χ2v) is 7.66. The number of esters is 1. The average molecular weight is 459 g/mol. The minimum atomic E-state index is -0.758. The maximum atomic E-state index is 13.4. The molecule has 1 aliphatic rings. The Morgan fingerprint density at radius 2 is 1.36 bits per heavy atom. The van der Waals surface area contributed by atoms with Crippen molar-refractivity contribution in [1.82, 2.24) is 0 Å². The van der Waals surface area contributed by atoms with Gasteiger partial charge in [0, 0.05) is 17.4 Å². The Labute approximate surface area is 193 Å². The van der Waals surface area contributed by atoms with Crippen LogP contribution in [0.3, 0.4) is 0 Å². The van der Waals surface area contributed by atoms with E-state index in [-0.39, 0.29) is 12.4 Å². The van der Waals surface area contributed by atoms with Crippen LogP contribution in [0.1, 0.15) is 41.3 Å². The Kier molecular flexibility index (Phi) is 7.36. The quantitative estimate of drug-likeness (QED) is 0.551. The number of ether oxygens (including phenoxy) is 6. The first-order chi connectivity index (χ1) is 15.9. The number of carbonyl (C=O) groups excluding carboxylic acids is 2. The van der Waals surface area contributed by atoms with Crippen molar-refractivity contribution >= 4 is 11.8 Å². The number of fused-ring (bicyclic) bond motifs is 1. The smallest absolute Gasteiger partial charge is 0.310 e. The molecule has 2 aromatic carbocycles. The molecular weight excluding hydrogens is 428 g/mol. The highest BCUT2D eigenvalue weighted by Crippen LogP contribution is 2.50. The molecule has 33 heavy (non-hydrogen) atoms. The van der Waals surface area contributed by atoms with E-state index < -0.39 is 23.7 Å². The summed E-state index contributed by atoms with van der Waals surface area (Å²) in [6, 6.07) is 7.00. The molecule has 2 aromatic rings. The highest BCUT2D eigenvalue weighted by atomic mass is 16.5. The summed E-state index contributed by atoms with van der Waals surface area (Å²) in [5.41, 5.74) is 1.83. The van der Waals surface area contributed by atoms with Gasteiger partial charge >= 0.3 is 5.97 Å². The summed E-state index contributed by atoms with van der Waals surface area (Å²) in [4.78, 5) is 26.5. The minimum absolute atomic E-state index is 0.160. The Morgan fingerprint density at radius 1 is 0.818 bits per heavy atom. The van der Waals surface area contributed by atoms with Crippen molar-refractivity contribution in [1.29, 1.82) is 0 Å². The molecule has 0 aromatic heterocycles. The molecule has 0 bridgehead atoms. The van der Waals surface area contributed by atoms with Gasteiger partial charge in [-0.2, -0.15) is 0 Å². The van der Waals surface area contributed by atoms with Crippen LogP contribution in [0.2, 0.25) is 0 Å². The SMILES string of the molecule is CCOC(=O)[C@H]1[C@@H](c2cc(OC)c(OC)c(OC)c2)c2cc(OC)c(OC)cc2C(=O)[C@H]1C. The van der Waals surface area contributed by atoms with Crippen molar-refractivity contribution in [3.05, 3.63) is 41.0 Å². The molecule has 3 rings (SSSR count). The van der Waals surface area contributed by atoms with Crippen molar-refractivity contribution in [2.75, 3.05) is 42.2 Å². The first-order valence-electron chi connectivity index (χ1n) is 10.6. The zero-order valence-corrected chi connectivity index (χ0v) is 20.0. The van der Waals surface area contributed by atoms with Crippen LogP contribution in [-0.4, -0.2) is 53.9 Å². The van der Waals surface area contributed by atoms with Gasteiger partial charge in [0.15, 0.2) is 28.8 Å². The zero-order chi connectivity index (χ0) is 24.3. The van der Waals surface area contributed by atoms with Gasteiger partial charge < -0.3 is 28.4 Å². The second kappa shape index (κ2) is 10.0. The van der Waals surface area contributed by atoms with Crippen LogP contribution < -0.4 is 23.7 Å². The van der Waals surface area contributed by atoms with Gasteiger partial charge in [0.05, 0.1) is 48.1 Å². The number of hydrogen-bond donors (Lipinski definition) is 0. The lowest BCUT2D eigenvalue weighted by Gasteiger charge is -2.36. The second-order valence-electron chi connectivity index (χ2n) is 7.66. The van der Waals surface area contributed by atoms with E-state index >= 15 is 0 Å². The summed E-state index contributed by atoms with van der Waals surface area (Å²) in [6.45, 7) is 3.69. The van der Waals surface area contributed by atoms with E-state index in [0.29, 0.717) is 39.9 Å². The molecular formula is C25H30O8. The third-order valence-electron chi connectivity index (χ3n) is 6.07. The van der Waals surface area contributed by atoms with Gasteiger partial charge in [0.25, 0.3) is 0 Å². The third-order valence-corrected chi connectivity index (χ3v) is 6.07. The lowest BCUT2D eigenvalue weighted by atomic mass is 9.66. The molecule has 0 radical (unpaired) electrons. The molecule has 1 aliphatic carbocycles. The highest BCUT2D eigenvalue weighted by molar-refractivity contribution is 6.04. The molecule has 0 aliphatic heterocycles. The first kappa shape index (κ1) is 24.2. The zero-order valence-electron chi connectivity index (χ0n) is 20.0. The van der Waals surface area contributed by atoms with Crippen molar-refractivity contribution in [2.24, 2.45) is 11.8 Å². The Hall–Kier alpha value is -3.42. The lowest BCUT2D eigenvalue weighted by molar-refractivity contribution is -0.150.